The van der Waals surface area contributed by atoms with Gasteiger partial charge < -0.3 is 10.0 Å². The number of amides is 1. The van der Waals surface area contributed by atoms with Gasteiger partial charge in [0.2, 0.25) is 0 Å². The van der Waals surface area contributed by atoms with Crippen LogP contribution in [-0.4, -0.2) is 41.8 Å². The summed E-state index contributed by atoms with van der Waals surface area (Å²) in [4.78, 5) is 11.1. The van der Waals surface area contributed by atoms with Crippen molar-refractivity contribution in [1.29, 1.82) is 0 Å². The number of hydrogen-bond donors (Lipinski definition) is 1. The van der Waals surface area contributed by atoms with Gasteiger partial charge in [-0.3, -0.25) is 4.79 Å². The van der Waals surface area contributed by atoms with Crippen molar-refractivity contribution >= 4 is 5.91 Å². The van der Waals surface area contributed by atoms with Crippen molar-refractivity contribution in [2.45, 2.75) is 6.18 Å². The average molecular weight is 197 g/mol. The SMILES string of the molecule is C=CCN(CCO)C(=O)C(F)(F)F. The molecule has 3 nitrogen and oxygen atoms in total. The Hall–Kier alpha value is -1.04. The number of hydrogen-bond acceptors (Lipinski definition) is 2. The minimum Gasteiger partial charge on any atom is -0.395 e. The van der Waals surface area contributed by atoms with Crippen LogP contribution >= 0.6 is 0 Å². The Morgan fingerprint density at radius 1 is 1.54 bits per heavy atom. The minimum absolute atomic E-state index is 0.223. The van der Waals surface area contributed by atoms with Crippen LogP contribution in [0.2, 0.25) is 0 Å². The number of aliphatic hydroxyl groups is 1. The molecule has 0 saturated heterocycles. The van der Waals surface area contributed by atoms with Gasteiger partial charge in [-0.25, -0.2) is 0 Å². The van der Waals surface area contributed by atoms with Crippen LogP contribution in [-0.2, 0) is 4.79 Å². The van der Waals surface area contributed by atoms with Crippen LogP contribution in [0.1, 0.15) is 0 Å². The lowest BCUT2D eigenvalue weighted by Gasteiger charge is -2.20. The third kappa shape index (κ3) is 3.93. The van der Waals surface area contributed by atoms with Crippen molar-refractivity contribution in [2.24, 2.45) is 0 Å². The molecule has 0 aromatic rings. The predicted octanol–water partition coefficient (Wildman–Crippen LogP) is 0.556. The van der Waals surface area contributed by atoms with Crippen molar-refractivity contribution in [2.75, 3.05) is 19.7 Å². The fraction of sp³-hybridized carbons (Fsp3) is 0.571. The van der Waals surface area contributed by atoms with E-state index >= 15 is 0 Å². The van der Waals surface area contributed by atoms with E-state index in [1.165, 1.54) is 6.08 Å². The summed E-state index contributed by atoms with van der Waals surface area (Å²) in [6, 6.07) is 0. The molecule has 0 radical (unpaired) electrons. The highest BCUT2D eigenvalue weighted by Gasteiger charge is 2.41. The summed E-state index contributed by atoms with van der Waals surface area (Å²) >= 11 is 0. The monoisotopic (exact) mass is 197 g/mol. The summed E-state index contributed by atoms with van der Waals surface area (Å²) in [6.45, 7) is 2.13. The molecule has 0 rings (SSSR count). The van der Waals surface area contributed by atoms with Gasteiger partial charge in [-0.1, -0.05) is 6.08 Å². The van der Waals surface area contributed by atoms with Crippen molar-refractivity contribution in [3.05, 3.63) is 12.7 Å². The van der Waals surface area contributed by atoms with Crippen LogP contribution in [0.15, 0.2) is 12.7 Å². The second-order valence-electron chi connectivity index (χ2n) is 2.26. The molecule has 0 aliphatic carbocycles. The summed E-state index contributed by atoms with van der Waals surface area (Å²) in [7, 11) is 0. The molecule has 0 unspecified atom stereocenters. The van der Waals surface area contributed by atoms with Crippen LogP contribution in [0.25, 0.3) is 0 Å². The quantitative estimate of drug-likeness (QED) is 0.669. The van der Waals surface area contributed by atoms with E-state index in [0.29, 0.717) is 4.90 Å². The Morgan fingerprint density at radius 2 is 2.08 bits per heavy atom. The number of rotatable bonds is 4. The fourth-order valence-electron chi connectivity index (χ4n) is 0.732. The zero-order chi connectivity index (χ0) is 10.5. The minimum atomic E-state index is -4.89. The van der Waals surface area contributed by atoms with Crippen LogP contribution < -0.4 is 0 Å². The van der Waals surface area contributed by atoms with Crippen LogP contribution in [0.4, 0.5) is 13.2 Å². The first-order chi connectivity index (χ1) is 5.93. The van der Waals surface area contributed by atoms with E-state index in [9.17, 15) is 18.0 Å². The highest BCUT2D eigenvalue weighted by atomic mass is 19.4. The third-order valence-corrected chi connectivity index (χ3v) is 1.25. The molecule has 1 N–H and O–H groups in total. The highest BCUT2D eigenvalue weighted by Crippen LogP contribution is 2.17. The van der Waals surface area contributed by atoms with Crippen LogP contribution in [0, 0.1) is 0 Å². The van der Waals surface area contributed by atoms with Crippen LogP contribution in [0.3, 0.4) is 0 Å². The molecule has 0 aliphatic heterocycles. The summed E-state index contributed by atoms with van der Waals surface area (Å²) in [5.74, 6) is -1.96. The lowest BCUT2D eigenvalue weighted by molar-refractivity contribution is -0.185. The van der Waals surface area contributed by atoms with Crippen molar-refractivity contribution in [3.63, 3.8) is 0 Å². The van der Waals surface area contributed by atoms with Gasteiger partial charge in [0.25, 0.3) is 0 Å². The van der Waals surface area contributed by atoms with Gasteiger partial charge in [0.05, 0.1) is 6.61 Å². The lowest BCUT2D eigenvalue weighted by Crippen LogP contribution is -2.42. The van der Waals surface area contributed by atoms with Gasteiger partial charge in [-0.05, 0) is 0 Å². The zero-order valence-electron chi connectivity index (χ0n) is 6.84. The van der Waals surface area contributed by atoms with Gasteiger partial charge >= 0.3 is 12.1 Å². The van der Waals surface area contributed by atoms with E-state index in [4.69, 9.17) is 5.11 Å². The van der Waals surface area contributed by atoms with E-state index in [1.54, 1.807) is 0 Å². The summed E-state index contributed by atoms with van der Waals surface area (Å²) < 4.78 is 35.5. The maximum absolute atomic E-state index is 11.8. The summed E-state index contributed by atoms with van der Waals surface area (Å²) in [5.41, 5.74) is 0. The van der Waals surface area contributed by atoms with Gasteiger partial charge in [-0.15, -0.1) is 6.58 Å². The van der Waals surface area contributed by atoms with E-state index in [2.05, 4.69) is 6.58 Å². The van der Waals surface area contributed by atoms with Gasteiger partial charge in [0, 0.05) is 13.1 Å². The molecule has 0 saturated carbocycles. The molecule has 0 bridgehead atoms. The molecule has 0 aromatic heterocycles. The molecule has 76 valence electrons. The van der Waals surface area contributed by atoms with E-state index in [-0.39, 0.29) is 13.1 Å². The first-order valence-electron chi connectivity index (χ1n) is 3.51. The molecule has 0 spiro atoms. The molecule has 0 aliphatic rings. The Balaban J connectivity index is 4.36. The highest BCUT2D eigenvalue weighted by molar-refractivity contribution is 5.81. The molecule has 6 heteroatoms. The number of aliphatic hydroxyl groups excluding tert-OH is 1. The Labute approximate surface area is 73.5 Å². The molecule has 0 aromatic carbocycles. The average Bonchev–Trinajstić information content (AvgIpc) is 2.01. The largest absolute Gasteiger partial charge is 0.471 e. The zero-order valence-corrected chi connectivity index (χ0v) is 6.84. The maximum atomic E-state index is 11.8. The first kappa shape index (κ1) is 12.0. The second kappa shape index (κ2) is 4.86. The van der Waals surface area contributed by atoms with Gasteiger partial charge in [-0.2, -0.15) is 13.2 Å². The number of nitrogens with zero attached hydrogens (tertiary/aromatic N) is 1. The number of carbonyl (C=O) groups is 1. The normalized spacial score (nSPS) is 11.1. The number of carbonyl (C=O) groups excluding carboxylic acids is 1. The standard InChI is InChI=1S/C7H10F3NO2/c1-2-3-11(4-5-12)6(13)7(8,9)10/h2,12H,1,3-5H2. The number of alkyl halides is 3. The van der Waals surface area contributed by atoms with Crippen molar-refractivity contribution in [3.8, 4) is 0 Å². The lowest BCUT2D eigenvalue weighted by atomic mass is 10.4. The molecule has 0 atom stereocenters. The fourth-order valence-corrected chi connectivity index (χ4v) is 0.732. The molecular weight excluding hydrogens is 187 g/mol. The number of halogens is 3. The van der Waals surface area contributed by atoms with Gasteiger partial charge in [0.15, 0.2) is 0 Å². The van der Waals surface area contributed by atoms with Gasteiger partial charge in [0.1, 0.15) is 0 Å². The third-order valence-electron chi connectivity index (χ3n) is 1.25. The molecule has 0 heterocycles. The first-order valence-corrected chi connectivity index (χ1v) is 3.51. The maximum Gasteiger partial charge on any atom is 0.471 e. The van der Waals surface area contributed by atoms with Crippen molar-refractivity contribution in [1.82, 2.24) is 4.90 Å². The summed E-state index contributed by atoms with van der Waals surface area (Å²) in [5, 5.41) is 8.38. The molecule has 0 fully saturated rings. The predicted molar refractivity (Wildman–Crippen MR) is 39.9 cm³/mol. The Kier molecular flexibility index (Phi) is 4.47. The van der Waals surface area contributed by atoms with Crippen molar-refractivity contribution < 1.29 is 23.1 Å². The molecule has 13 heavy (non-hydrogen) atoms. The second-order valence-corrected chi connectivity index (χ2v) is 2.26. The Morgan fingerprint density at radius 3 is 2.38 bits per heavy atom. The van der Waals surface area contributed by atoms with E-state index in [0.717, 1.165) is 0 Å². The summed E-state index contributed by atoms with van der Waals surface area (Å²) in [6.07, 6.45) is -3.72. The van der Waals surface area contributed by atoms with E-state index < -0.39 is 18.7 Å². The molecular formula is C7H10F3NO2. The smallest absolute Gasteiger partial charge is 0.395 e. The van der Waals surface area contributed by atoms with Crippen LogP contribution in [0.5, 0.6) is 0 Å². The Bertz CT molecular complexity index is 191. The van der Waals surface area contributed by atoms with E-state index in [1.807, 2.05) is 0 Å². The topological polar surface area (TPSA) is 40.5 Å². The molecule has 1 amide bonds.